The van der Waals surface area contributed by atoms with Crippen LogP contribution >= 0.6 is 0 Å². The molecule has 0 heteroatoms. The van der Waals surface area contributed by atoms with E-state index >= 15 is 0 Å². The number of unbranched alkanes of at least 4 members (excludes halogenated alkanes) is 2. The van der Waals surface area contributed by atoms with Crippen LogP contribution in [-0.4, -0.2) is 0 Å². The first-order valence-corrected chi connectivity index (χ1v) is 9.81. The maximum atomic E-state index is 2.56. The van der Waals surface area contributed by atoms with Gasteiger partial charge < -0.3 is 0 Å². The second kappa shape index (κ2) is 11.3. The Bertz CT molecular complexity index is 263. The van der Waals surface area contributed by atoms with Crippen molar-refractivity contribution in [2.45, 2.75) is 98.3 Å². The molecule has 0 saturated heterocycles. The summed E-state index contributed by atoms with van der Waals surface area (Å²) in [7, 11) is 0. The summed E-state index contributed by atoms with van der Waals surface area (Å²) in [6, 6.07) is 0. The first kappa shape index (κ1) is 18.8. The van der Waals surface area contributed by atoms with Gasteiger partial charge in [0.25, 0.3) is 0 Å². The minimum absolute atomic E-state index is 0.853. The molecular weight excluding hydrogens is 252 g/mol. The van der Waals surface area contributed by atoms with Crippen molar-refractivity contribution >= 4 is 0 Å². The van der Waals surface area contributed by atoms with Gasteiger partial charge in [-0.25, -0.2) is 0 Å². The zero-order valence-electron chi connectivity index (χ0n) is 15.2. The molecule has 0 aromatic rings. The smallest absolute Gasteiger partial charge is 0.0233 e. The van der Waals surface area contributed by atoms with Gasteiger partial charge in [-0.2, -0.15) is 0 Å². The highest BCUT2D eigenvalue weighted by Crippen LogP contribution is 2.32. The summed E-state index contributed by atoms with van der Waals surface area (Å²) < 4.78 is 0. The van der Waals surface area contributed by atoms with Crippen LogP contribution in [0.4, 0.5) is 0 Å². The zero-order chi connectivity index (χ0) is 15.5. The number of rotatable bonds is 5. The minimum atomic E-state index is 0.853. The van der Waals surface area contributed by atoms with E-state index < -0.39 is 0 Å². The first-order chi connectivity index (χ1) is 10.1. The Kier molecular flexibility index (Phi) is 10.1. The molecule has 0 aromatic carbocycles. The molecule has 3 atom stereocenters. The van der Waals surface area contributed by atoms with Gasteiger partial charge in [0.2, 0.25) is 0 Å². The molecule has 0 bridgehead atoms. The molecule has 124 valence electrons. The monoisotopic (exact) mass is 292 g/mol. The van der Waals surface area contributed by atoms with Crippen LogP contribution in [0.1, 0.15) is 98.3 Å². The zero-order valence-corrected chi connectivity index (χ0v) is 15.2. The van der Waals surface area contributed by atoms with Crippen LogP contribution in [0.15, 0.2) is 12.2 Å². The molecule has 0 spiro atoms. The molecular formula is C21H40. The van der Waals surface area contributed by atoms with Crippen molar-refractivity contribution in [3.8, 4) is 0 Å². The summed E-state index contributed by atoms with van der Waals surface area (Å²) in [6.07, 6.45) is 20.6. The molecule has 0 heterocycles. The molecule has 0 N–H and O–H groups in total. The van der Waals surface area contributed by atoms with E-state index in [1.807, 2.05) is 0 Å². The van der Waals surface area contributed by atoms with E-state index in [9.17, 15) is 0 Å². The van der Waals surface area contributed by atoms with Gasteiger partial charge in [-0.05, 0) is 62.2 Å². The summed E-state index contributed by atoms with van der Waals surface area (Å²) in [5, 5.41) is 0. The third-order valence-electron chi connectivity index (χ3n) is 5.57. The van der Waals surface area contributed by atoms with Crippen molar-refractivity contribution in [3.63, 3.8) is 0 Å². The fraction of sp³-hybridized carbons (Fsp3) is 0.905. The molecule has 0 radical (unpaired) electrons. The predicted octanol–water partition coefficient (Wildman–Crippen LogP) is 7.39. The lowest BCUT2D eigenvalue weighted by molar-refractivity contribution is 0.224. The van der Waals surface area contributed by atoms with E-state index in [1.54, 1.807) is 0 Å². The Balaban J connectivity index is 2.56. The Morgan fingerprint density at radius 3 is 2.52 bits per heavy atom. The van der Waals surface area contributed by atoms with Crippen molar-refractivity contribution < 1.29 is 0 Å². The Hall–Kier alpha value is -0.260. The van der Waals surface area contributed by atoms with Crippen molar-refractivity contribution in [1.82, 2.24) is 0 Å². The molecule has 0 fully saturated rings. The van der Waals surface area contributed by atoms with Crippen LogP contribution in [0, 0.1) is 23.7 Å². The average molecular weight is 293 g/mol. The summed E-state index contributed by atoms with van der Waals surface area (Å²) in [6.45, 7) is 9.70. The maximum Gasteiger partial charge on any atom is -0.0233 e. The van der Waals surface area contributed by atoms with Gasteiger partial charge in [0.05, 0.1) is 0 Å². The van der Waals surface area contributed by atoms with Crippen LogP contribution in [0.25, 0.3) is 0 Å². The highest BCUT2D eigenvalue weighted by Gasteiger charge is 2.21. The number of hydrogen-bond acceptors (Lipinski definition) is 0. The molecule has 1 aliphatic rings. The molecule has 1 aliphatic carbocycles. The lowest BCUT2D eigenvalue weighted by atomic mass is 9.77. The second-order valence-corrected chi connectivity index (χ2v) is 7.78. The molecule has 0 saturated carbocycles. The van der Waals surface area contributed by atoms with Crippen LogP contribution in [0.5, 0.6) is 0 Å². The van der Waals surface area contributed by atoms with Gasteiger partial charge in [0, 0.05) is 0 Å². The third kappa shape index (κ3) is 8.07. The molecule has 0 aliphatic heterocycles. The molecule has 0 aromatic heterocycles. The quantitative estimate of drug-likeness (QED) is 0.366. The Labute approximate surface area is 134 Å². The van der Waals surface area contributed by atoms with Gasteiger partial charge >= 0.3 is 0 Å². The first-order valence-electron chi connectivity index (χ1n) is 9.81. The molecule has 1 rings (SSSR count). The highest BCUT2D eigenvalue weighted by molar-refractivity contribution is 4.89. The van der Waals surface area contributed by atoms with E-state index in [1.165, 1.54) is 70.6 Å². The maximum absolute atomic E-state index is 2.56. The molecule has 0 amide bonds. The van der Waals surface area contributed by atoms with E-state index in [0.717, 1.165) is 23.7 Å². The predicted molar refractivity (Wildman–Crippen MR) is 96.6 cm³/mol. The van der Waals surface area contributed by atoms with Crippen molar-refractivity contribution in [2.24, 2.45) is 23.7 Å². The van der Waals surface area contributed by atoms with Crippen LogP contribution in [0.3, 0.4) is 0 Å². The summed E-state index contributed by atoms with van der Waals surface area (Å²) in [5.74, 6) is 3.57. The summed E-state index contributed by atoms with van der Waals surface area (Å²) >= 11 is 0. The van der Waals surface area contributed by atoms with Gasteiger partial charge in [0.15, 0.2) is 0 Å². The van der Waals surface area contributed by atoms with Crippen molar-refractivity contribution in [1.29, 1.82) is 0 Å². The van der Waals surface area contributed by atoms with Crippen molar-refractivity contribution in [3.05, 3.63) is 12.2 Å². The van der Waals surface area contributed by atoms with Crippen LogP contribution in [-0.2, 0) is 0 Å². The van der Waals surface area contributed by atoms with Gasteiger partial charge in [-0.15, -0.1) is 0 Å². The van der Waals surface area contributed by atoms with Gasteiger partial charge in [0.1, 0.15) is 0 Å². The van der Waals surface area contributed by atoms with E-state index in [-0.39, 0.29) is 0 Å². The normalized spacial score (nSPS) is 29.1. The van der Waals surface area contributed by atoms with E-state index in [0.29, 0.717) is 0 Å². The summed E-state index contributed by atoms with van der Waals surface area (Å²) in [5.41, 5.74) is 0. The fourth-order valence-corrected chi connectivity index (χ4v) is 4.07. The average Bonchev–Trinajstić information content (AvgIpc) is 2.44. The van der Waals surface area contributed by atoms with Crippen LogP contribution in [0.2, 0.25) is 0 Å². The SMILES string of the molecule is CCCCCC1C=CCCCCCC(C(C)C)C(C)CC1. The minimum Gasteiger partial charge on any atom is -0.0883 e. The summed E-state index contributed by atoms with van der Waals surface area (Å²) in [4.78, 5) is 0. The molecule has 21 heavy (non-hydrogen) atoms. The topological polar surface area (TPSA) is 0 Å². The number of hydrogen-bond donors (Lipinski definition) is 0. The van der Waals surface area contributed by atoms with Crippen LogP contribution < -0.4 is 0 Å². The second-order valence-electron chi connectivity index (χ2n) is 7.78. The Morgan fingerprint density at radius 2 is 1.81 bits per heavy atom. The standard InChI is InChI=1S/C21H40/c1-5-6-10-13-20-14-11-8-7-9-12-15-21(18(2)3)19(4)16-17-20/h11,14,18-21H,5-10,12-13,15-17H2,1-4H3. The van der Waals surface area contributed by atoms with Crippen molar-refractivity contribution in [2.75, 3.05) is 0 Å². The van der Waals surface area contributed by atoms with E-state index in [4.69, 9.17) is 0 Å². The lowest BCUT2D eigenvalue weighted by Crippen LogP contribution is -2.19. The molecule has 0 nitrogen and oxygen atoms in total. The van der Waals surface area contributed by atoms with Gasteiger partial charge in [-0.1, -0.05) is 72.0 Å². The largest absolute Gasteiger partial charge is 0.0883 e. The fourth-order valence-electron chi connectivity index (χ4n) is 4.07. The Morgan fingerprint density at radius 1 is 1.00 bits per heavy atom. The van der Waals surface area contributed by atoms with E-state index in [2.05, 4.69) is 39.8 Å². The lowest BCUT2D eigenvalue weighted by Gasteiger charge is -2.29. The third-order valence-corrected chi connectivity index (χ3v) is 5.57. The number of allylic oxidation sites excluding steroid dienone is 2. The van der Waals surface area contributed by atoms with Gasteiger partial charge in [-0.3, -0.25) is 0 Å². The molecule has 3 unspecified atom stereocenters. The highest BCUT2D eigenvalue weighted by atomic mass is 14.3.